The van der Waals surface area contributed by atoms with Gasteiger partial charge in [-0.1, -0.05) is 26.8 Å². The predicted octanol–water partition coefficient (Wildman–Crippen LogP) is 3.10. The summed E-state index contributed by atoms with van der Waals surface area (Å²) < 4.78 is 57.4. The molecule has 0 aromatic rings. The molecule has 0 aromatic heterocycles. The van der Waals surface area contributed by atoms with Crippen molar-refractivity contribution in [3.8, 4) is 0 Å². The Labute approximate surface area is 341 Å². The van der Waals surface area contributed by atoms with E-state index >= 15 is 0 Å². The summed E-state index contributed by atoms with van der Waals surface area (Å²) in [6.45, 7) is 21.7. The summed E-state index contributed by atoms with van der Waals surface area (Å²) in [6, 6.07) is -0.643. The molecule has 0 bridgehead atoms. The average molecular weight is 817 g/mol. The van der Waals surface area contributed by atoms with Crippen LogP contribution < -0.4 is 0 Å². The van der Waals surface area contributed by atoms with Crippen molar-refractivity contribution in [2.75, 3.05) is 54.6 Å². The van der Waals surface area contributed by atoms with Crippen LogP contribution >= 0.6 is 0 Å². The molecular weight excluding hydrogens is 740 g/mol. The van der Waals surface area contributed by atoms with Gasteiger partial charge >= 0.3 is 5.97 Å². The summed E-state index contributed by atoms with van der Waals surface area (Å²) in [5.74, 6) is -4.36. The van der Waals surface area contributed by atoms with Crippen LogP contribution in [0.15, 0.2) is 12.7 Å². The van der Waals surface area contributed by atoms with E-state index in [9.17, 15) is 20.1 Å². The minimum absolute atomic E-state index is 0.106. The topological polar surface area (TPSA) is 167 Å². The van der Waals surface area contributed by atoms with Crippen molar-refractivity contribution < 1.29 is 62.7 Å². The Morgan fingerprint density at radius 1 is 1.04 bits per heavy atom. The third kappa shape index (κ3) is 11.0. The van der Waals surface area contributed by atoms with E-state index in [0.717, 1.165) is 0 Å². The Kier molecular flexibility index (Phi) is 17.0. The second-order valence-electron chi connectivity index (χ2n) is 18.0. The first-order valence-corrected chi connectivity index (χ1v) is 21.0. The lowest BCUT2D eigenvalue weighted by Gasteiger charge is -2.55. The predicted molar refractivity (Wildman–Crippen MR) is 212 cm³/mol. The summed E-state index contributed by atoms with van der Waals surface area (Å²) in [4.78, 5) is 18.4. The lowest BCUT2D eigenvalue weighted by Crippen LogP contribution is -2.68. The molecule has 4 fully saturated rings. The zero-order valence-electron chi connectivity index (χ0n) is 36.9. The number of likely N-dealkylation sites (N-methyl/N-ethyl adjacent to an activating group) is 2. The Balaban J connectivity index is 1.77. The van der Waals surface area contributed by atoms with Gasteiger partial charge in [-0.2, -0.15) is 0 Å². The summed E-state index contributed by atoms with van der Waals surface area (Å²) in [7, 11) is 7.43. The fourth-order valence-corrected chi connectivity index (χ4v) is 9.50. The highest BCUT2D eigenvalue weighted by Crippen LogP contribution is 2.45. The number of methoxy groups -OCH3 is 1. The van der Waals surface area contributed by atoms with Crippen LogP contribution in [0.25, 0.3) is 0 Å². The van der Waals surface area contributed by atoms with Crippen LogP contribution in [0.2, 0.25) is 0 Å². The van der Waals surface area contributed by atoms with E-state index in [0.29, 0.717) is 32.8 Å². The van der Waals surface area contributed by atoms with Crippen molar-refractivity contribution in [3.63, 3.8) is 0 Å². The molecule has 18 atom stereocenters. The van der Waals surface area contributed by atoms with Gasteiger partial charge in [0.1, 0.15) is 36.1 Å². The number of cyclic esters (lactones) is 1. The fraction of sp³-hybridized carbons (Fsp3) is 0.929. The van der Waals surface area contributed by atoms with Gasteiger partial charge in [-0.25, -0.2) is 0 Å². The molecule has 1 unspecified atom stereocenters. The van der Waals surface area contributed by atoms with Gasteiger partial charge in [0.15, 0.2) is 18.4 Å². The molecule has 57 heavy (non-hydrogen) atoms. The lowest BCUT2D eigenvalue weighted by molar-refractivity contribution is -0.426. The highest BCUT2D eigenvalue weighted by molar-refractivity contribution is 5.73. The number of aliphatic hydroxyl groups excluding tert-OH is 1. The zero-order chi connectivity index (χ0) is 42.6. The second kappa shape index (κ2) is 20.0. The van der Waals surface area contributed by atoms with Crippen LogP contribution in [-0.2, 0) is 47.4 Å². The molecule has 0 spiro atoms. The van der Waals surface area contributed by atoms with E-state index in [2.05, 4.69) is 11.5 Å². The van der Waals surface area contributed by atoms with E-state index < -0.39 is 96.1 Å². The molecular formula is C42H76N2O13. The molecule has 4 saturated heterocycles. The van der Waals surface area contributed by atoms with Crippen molar-refractivity contribution in [2.24, 2.45) is 17.8 Å². The van der Waals surface area contributed by atoms with Crippen LogP contribution in [0.3, 0.4) is 0 Å². The number of carbonyl (C=O) groups excluding carboxylic acids is 1. The molecule has 3 N–H and O–H groups in total. The van der Waals surface area contributed by atoms with Crippen LogP contribution in [-0.4, -0.2) is 176 Å². The number of rotatable bonds is 11. The number of carbonyl (C=O) groups is 1. The maximum atomic E-state index is 14.4. The maximum absolute atomic E-state index is 14.4. The van der Waals surface area contributed by atoms with Crippen molar-refractivity contribution in [3.05, 3.63) is 12.7 Å². The third-order valence-corrected chi connectivity index (χ3v) is 13.0. The molecule has 0 radical (unpaired) electrons. The standard InChI is InChI=1S/C42H76N2O13/c1-15-17-50-18-19-51-37-29(8)53-32(22-40(37,9)49-14)55-33-26(5)36-42(48,57-34-30(43(11)12)20-25(4)52-39(34)56-36)21-24(3)23-44(13)28(7)35(45)41(10,47)31(16-2)54-38(46)27(33)6/h15,24-37,39,45,47-48H,1,16-23H2,2-14H3/t24-,25-,26+,27-,28-,29+,30+,31-,32?,33+,34-,35+,36-,37+,39+,40-,41-,42+/m1/s1. The monoisotopic (exact) mass is 817 g/mol. The van der Waals surface area contributed by atoms with Gasteiger partial charge in [-0.05, 0) is 81.4 Å². The number of aliphatic hydroxyl groups is 3. The average Bonchev–Trinajstić information content (AvgIpc) is 3.14. The Hall–Kier alpha value is -1.31. The van der Waals surface area contributed by atoms with Gasteiger partial charge in [0.05, 0.1) is 49.7 Å². The van der Waals surface area contributed by atoms with Gasteiger partial charge in [0.2, 0.25) is 0 Å². The molecule has 0 aromatic carbocycles. The molecule has 15 nitrogen and oxygen atoms in total. The minimum Gasteiger partial charge on any atom is -0.459 e. The molecule has 332 valence electrons. The van der Waals surface area contributed by atoms with Crippen molar-refractivity contribution in [1.29, 1.82) is 0 Å². The van der Waals surface area contributed by atoms with E-state index in [1.54, 1.807) is 27.0 Å². The molecule has 4 heterocycles. The maximum Gasteiger partial charge on any atom is 0.311 e. The molecule has 0 saturated carbocycles. The highest BCUT2D eigenvalue weighted by atomic mass is 16.8. The molecule has 0 amide bonds. The summed E-state index contributed by atoms with van der Waals surface area (Å²) in [6.07, 6.45) is -4.69. The third-order valence-electron chi connectivity index (χ3n) is 13.0. The van der Waals surface area contributed by atoms with Crippen molar-refractivity contribution in [1.82, 2.24) is 9.80 Å². The Morgan fingerprint density at radius 3 is 2.33 bits per heavy atom. The lowest BCUT2D eigenvalue weighted by atomic mass is 9.81. The van der Waals surface area contributed by atoms with E-state index in [1.807, 2.05) is 67.6 Å². The quantitative estimate of drug-likeness (QED) is 0.158. The van der Waals surface area contributed by atoms with E-state index in [4.69, 9.17) is 42.6 Å². The van der Waals surface area contributed by atoms with Gasteiger partial charge in [-0.15, -0.1) is 6.58 Å². The van der Waals surface area contributed by atoms with Gasteiger partial charge in [0, 0.05) is 44.5 Å². The number of esters is 1. The van der Waals surface area contributed by atoms with E-state index in [1.165, 1.54) is 6.92 Å². The smallest absolute Gasteiger partial charge is 0.311 e. The molecule has 0 aliphatic carbocycles. The number of nitrogens with zero attached hydrogens (tertiary/aromatic N) is 2. The van der Waals surface area contributed by atoms with Crippen molar-refractivity contribution >= 4 is 5.97 Å². The second-order valence-corrected chi connectivity index (χ2v) is 18.0. The summed E-state index contributed by atoms with van der Waals surface area (Å²) >= 11 is 0. The van der Waals surface area contributed by atoms with Gasteiger partial charge < -0.3 is 67.8 Å². The number of ether oxygens (including phenoxy) is 9. The Bertz CT molecular complexity index is 1290. The molecule has 4 aliphatic heterocycles. The van der Waals surface area contributed by atoms with Crippen LogP contribution in [0.5, 0.6) is 0 Å². The first kappa shape index (κ1) is 48.4. The normalized spacial score (nSPS) is 47.0. The van der Waals surface area contributed by atoms with Crippen LogP contribution in [0.4, 0.5) is 0 Å². The highest BCUT2D eigenvalue weighted by Gasteiger charge is 2.59. The summed E-state index contributed by atoms with van der Waals surface area (Å²) in [5, 5.41) is 36.3. The number of hydrogen-bond donors (Lipinski definition) is 3. The largest absolute Gasteiger partial charge is 0.459 e. The molecule has 15 heteroatoms. The van der Waals surface area contributed by atoms with Crippen LogP contribution in [0, 0.1) is 17.8 Å². The van der Waals surface area contributed by atoms with Gasteiger partial charge in [0.25, 0.3) is 0 Å². The SMILES string of the molecule is C=CCOCCO[C@H]1[C@H](C)OC(O[C@H]2[C@H](C)[C@H]3O[C@@H]4O[C@H](C)C[C@H](N(C)C)[C@H]4O[C@@]3(O)C[C@@H](C)CN(C)[C@H](C)[C@H](O)[C@](C)(O)[C@@H](CC)OC(=O)[C@@H]2C)C[C@@]1(C)OC. The van der Waals surface area contributed by atoms with Crippen LogP contribution in [0.1, 0.15) is 88.0 Å². The number of fused-ring (bicyclic) bond motifs is 2. The zero-order valence-corrected chi connectivity index (χ0v) is 36.9. The molecule has 4 aliphatic rings. The minimum atomic E-state index is -1.85. The fourth-order valence-electron chi connectivity index (χ4n) is 9.50. The van der Waals surface area contributed by atoms with E-state index in [-0.39, 0.29) is 37.3 Å². The molecule has 4 rings (SSSR count). The number of hydrogen-bond acceptors (Lipinski definition) is 15. The van der Waals surface area contributed by atoms with Gasteiger partial charge in [-0.3, -0.25) is 4.79 Å². The van der Waals surface area contributed by atoms with Crippen molar-refractivity contribution in [2.45, 2.75) is 178 Å². The Morgan fingerprint density at radius 2 is 1.72 bits per heavy atom. The first-order valence-electron chi connectivity index (χ1n) is 21.0. The summed E-state index contributed by atoms with van der Waals surface area (Å²) in [5.41, 5.74) is -2.64. The first-order chi connectivity index (χ1) is 26.6.